The van der Waals surface area contributed by atoms with Gasteiger partial charge in [-0.15, -0.1) is 0 Å². The van der Waals surface area contributed by atoms with Crippen molar-refractivity contribution < 1.29 is 13.2 Å². The lowest BCUT2D eigenvalue weighted by Crippen LogP contribution is -2.50. The molecule has 1 fully saturated rings. The lowest BCUT2D eigenvalue weighted by Gasteiger charge is -2.35. The molecule has 33 heavy (non-hydrogen) atoms. The Morgan fingerprint density at radius 3 is 1.94 bits per heavy atom. The average molecular weight is 467 g/mol. The maximum Gasteiger partial charge on any atom is 0.253 e. The summed E-state index contributed by atoms with van der Waals surface area (Å²) in [5.41, 5.74) is 6.03. The number of hydrogen-bond donors (Lipinski definition) is 0. The number of aromatic nitrogens is 2. The maximum absolute atomic E-state index is 13.5. The predicted octanol–water partition coefficient (Wildman–Crippen LogP) is 3.56. The SMILES string of the molecule is Cc1cc(C)c(C)c(S(=O)(=O)N2CCN(C(=O)c3ccc(-n4nccc4C)cc3)CC2)c1C. The van der Waals surface area contributed by atoms with Gasteiger partial charge in [0.1, 0.15) is 0 Å². The van der Waals surface area contributed by atoms with Crippen LogP contribution in [0, 0.1) is 34.6 Å². The van der Waals surface area contributed by atoms with Crippen LogP contribution < -0.4 is 0 Å². The molecule has 1 aliphatic heterocycles. The first-order valence-electron chi connectivity index (χ1n) is 11.1. The molecule has 7 nitrogen and oxygen atoms in total. The van der Waals surface area contributed by atoms with Crippen LogP contribution in [0.15, 0.2) is 47.5 Å². The van der Waals surface area contributed by atoms with E-state index in [2.05, 4.69) is 5.10 Å². The monoisotopic (exact) mass is 466 g/mol. The molecule has 0 atom stereocenters. The minimum atomic E-state index is -3.63. The Balaban J connectivity index is 1.48. The summed E-state index contributed by atoms with van der Waals surface area (Å²) in [5.74, 6) is -0.0884. The van der Waals surface area contributed by atoms with Crippen molar-refractivity contribution in [3.05, 3.63) is 76.1 Å². The molecule has 0 unspecified atom stereocenters. The largest absolute Gasteiger partial charge is 0.336 e. The number of nitrogens with zero attached hydrogens (tertiary/aromatic N) is 4. The number of aryl methyl sites for hydroxylation is 3. The molecule has 1 aromatic heterocycles. The Labute approximate surface area is 195 Å². The number of carbonyl (C=O) groups is 1. The van der Waals surface area contributed by atoms with Gasteiger partial charge in [-0.25, -0.2) is 13.1 Å². The molecule has 8 heteroatoms. The summed E-state index contributed by atoms with van der Waals surface area (Å²) in [6, 6.07) is 11.3. The van der Waals surface area contributed by atoms with Crippen molar-refractivity contribution >= 4 is 15.9 Å². The molecule has 3 aromatic rings. The molecule has 1 saturated heterocycles. The minimum absolute atomic E-state index is 0.0884. The van der Waals surface area contributed by atoms with Crippen molar-refractivity contribution in [2.75, 3.05) is 26.2 Å². The van der Waals surface area contributed by atoms with Crippen molar-refractivity contribution in [1.82, 2.24) is 19.0 Å². The van der Waals surface area contributed by atoms with Gasteiger partial charge in [0.25, 0.3) is 5.91 Å². The van der Waals surface area contributed by atoms with Crippen molar-refractivity contribution in [2.24, 2.45) is 0 Å². The number of benzene rings is 2. The van der Waals surface area contributed by atoms with Crippen LogP contribution in [0.25, 0.3) is 5.69 Å². The van der Waals surface area contributed by atoms with Crippen LogP contribution in [0.4, 0.5) is 0 Å². The standard InChI is InChI=1S/C25H30N4O3S/c1-17-16-18(2)21(5)24(20(17)4)33(31,32)28-14-12-27(13-15-28)25(30)22-6-8-23(9-7-22)29-19(3)10-11-26-29/h6-11,16H,12-15H2,1-5H3. The van der Waals surface area contributed by atoms with E-state index >= 15 is 0 Å². The van der Waals surface area contributed by atoms with Crippen molar-refractivity contribution in [3.8, 4) is 5.69 Å². The summed E-state index contributed by atoms with van der Waals surface area (Å²) in [6.45, 7) is 10.9. The van der Waals surface area contributed by atoms with Gasteiger partial charge in [0.2, 0.25) is 10.0 Å². The van der Waals surface area contributed by atoms with E-state index in [1.165, 1.54) is 4.31 Å². The van der Waals surface area contributed by atoms with Crippen LogP contribution in [0.2, 0.25) is 0 Å². The normalized spacial score (nSPS) is 15.1. The highest BCUT2D eigenvalue weighted by Crippen LogP contribution is 2.29. The van der Waals surface area contributed by atoms with Crippen molar-refractivity contribution in [1.29, 1.82) is 0 Å². The third-order valence-corrected chi connectivity index (χ3v) is 8.78. The fourth-order valence-corrected chi connectivity index (χ4v) is 6.39. The molecule has 4 rings (SSSR count). The third-order valence-electron chi connectivity index (χ3n) is 6.61. The maximum atomic E-state index is 13.5. The topological polar surface area (TPSA) is 75.5 Å². The number of sulfonamides is 1. The predicted molar refractivity (Wildman–Crippen MR) is 128 cm³/mol. The molecular weight excluding hydrogens is 436 g/mol. The number of piperazine rings is 1. The van der Waals surface area contributed by atoms with Gasteiger partial charge in [-0.05, 0) is 87.2 Å². The molecule has 2 aromatic carbocycles. The summed E-state index contributed by atoms with van der Waals surface area (Å²) >= 11 is 0. The van der Waals surface area contributed by atoms with Crippen LogP contribution >= 0.6 is 0 Å². The van der Waals surface area contributed by atoms with Gasteiger partial charge in [0.05, 0.1) is 10.6 Å². The van der Waals surface area contributed by atoms with Crippen molar-refractivity contribution in [2.45, 2.75) is 39.5 Å². The van der Waals surface area contributed by atoms with Crippen LogP contribution in [0.3, 0.4) is 0 Å². The molecule has 0 saturated carbocycles. The fourth-order valence-electron chi connectivity index (χ4n) is 4.40. The van der Waals surface area contributed by atoms with Gasteiger partial charge in [0.15, 0.2) is 0 Å². The van der Waals surface area contributed by atoms with E-state index in [-0.39, 0.29) is 19.0 Å². The van der Waals surface area contributed by atoms with E-state index in [4.69, 9.17) is 0 Å². The Kier molecular flexibility index (Phi) is 6.16. The first-order chi connectivity index (χ1) is 15.6. The molecule has 0 N–H and O–H groups in total. The zero-order chi connectivity index (χ0) is 23.9. The van der Waals surface area contributed by atoms with Crippen LogP contribution in [0.1, 0.15) is 38.3 Å². The first-order valence-corrected chi connectivity index (χ1v) is 12.5. The number of rotatable bonds is 4. The van der Waals surface area contributed by atoms with Crippen LogP contribution in [-0.4, -0.2) is 59.5 Å². The van der Waals surface area contributed by atoms with E-state index in [9.17, 15) is 13.2 Å². The van der Waals surface area contributed by atoms with Gasteiger partial charge >= 0.3 is 0 Å². The summed E-state index contributed by atoms with van der Waals surface area (Å²) < 4.78 is 30.3. The summed E-state index contributed by atoms with van der Waals surface area (Å²) in [5, 5.41) is 4.29. The van der Waals surface area contributed by atoms with Crippen molar-refractivity contribution in [3.63, 3.8) is 0 Å². The molecule has 0 radical (unpaired) electrons. The molecule has 1 aliphatic rings. The lowest BCUT2D eigenvalue weighted by molar-refractivity contribution is 0.0698. The molecule has 174 valence electrons. The molecule has 1 amide bonds. The summed E-state index contributed by atoms with van der Waals surface area (Å²) in [4.78, 5) is 15.2. The number of carbonyl (C=O) groups excluding carboxylic acids is 1. The molecular formula is C25H30N4O3S. The Bertz CT molecular complexity index is 1280. The third kappa shape index (κ3) is 4.20. The molecule has 0 bridgehead atoms. The number of hydrogen-bond acceptors (Lipinski definition) is 4. The zero-order valence-electron chi connectivity index (χ0n) is 19.8. The van der Waals surface area contributed by atoms with E-state index in [0.29, 0.717) is 23.5 Å². The van der Waals surface area contributed by atoms with Gasteiger partial charge in [-0.2, -0.15) is 9.40 Å². The Morgan fingerprint density at radius 2 is 1.42 bits per heavy atom. The highest BCUT2D eigenvalue weighted by Gasteiger charge is 2.33. The Morgan fingerprint density at radius 1 is 0.848 bits per heavy atom. The first kappa shape index (κ1) is 23.2. The quantitative estimate of drug-likeness (QED) is 0.589. The molecule has 0 spiro atoms. The van der Waals surface area contributed by atoms with Crippen LogP contribution in [0.5, 0.6) is 0 Å². The summed E-state index contributed by atoms with van der Waals surface area (Å²) in [7, 11) is -3.63. The average Bonchev–Trinajstić information content (AvgIpc) is 3.23. The minimum Gasteiger partial charge on any atom is -0.336 e. The van der Waals surface area contributed by atoms with E-state index in [1.807, 2.05) is 63.6 Å². The second-order valence-corrected chi connectivity index (χ2v) is 10.6. The van der Waals surface area contributed by atoms with E-state index in [0.717, 1.165) is 33.6 Å². The number of amides is 1. The Hall–Kier alpha value is -2.97. The lowest BCUT2D eigenvalue weighted by atomic mass is 10.0. The zero-order valence-corrected chi connectivity index (χ0v) is 20.6. The van der Waals surface area contributed by atoms with Gasteiger partial charge in [0, 0.05) is 43.6 Å². The highest BCUT2D eigenvalue weighted by molar-refractivity contribution is 7.89. The van der Waals surface area contributed by atoms with Gasteiger partial charge < -0.3 is 4.90 Å². The smallest absolute Gasteiger partial charge is 0.253 e. The van der Waals surface area contributed by atoms with E-state index in [1.54, 1.807) is 23.2 Å². The molecule has 0 aliphatic carbocycles. The summed E-state index contributed by atoms with van der Waals surface area (Å²) in [6.07, 6.45) is 1.74. The highest BCUT2D eigenvalue weighted by atomic mass is 32.2. The molecule has 2 heterocycles. The van der Waals surface area contributed by atoms with E-state index < -0.39 is 10.0 Å². The van der Waals surface area contributed by atoms with Gasteiger partial charge in [-0.1, -0.05) is 6.07 Å². The van der Waals surface area contributed by atoms with Crippen LogP contribution in [-0.2, 0) is 10.0 Å². The fraction of sp³-hybridized carbons (Fsp3) is 0.360. The second-order valence-electron chi connectivity index (χ2n) is 8.72. The van der Waals surface area contributed by atoms with Gasteiger partial charge in [-0.3, -0.25) is 4.79 Å². The second kappa shape index (κ2) is 8.76.